The van der Waals surface area contributed by atoms with E-state index in [2.05, 4.69) is 15.4 Å². The van der Waals surface area contributed by atoms with Crippen LogP contribution in [0, 0.1) is 0 Å². The average Bonchev–Trinajstić information content (AvgIpc) is 3.29. The van der Waals surface area contributed by atoms with Gasteiger partial charge in [0.1, 0.15) is 11.0 Å². The molecule has 1 aromatic carbocycles. The maximum atomic E-state index is 12.8. The standard InChI is InChI=1S/C18H14Cl2N6O3S/c19-10-3-1-9(2-4-10)11(27)7-26-23-13(22-24-26)8-25-6-5-12-14(18(25)29)15(20)16(30-12)17(21)28/h1-6,11,27H,7-8H2,(H2,21,28)/t11-/m0/s1. The van der Waals surface area contributed by atoms with E-state index in [1.54, 1.807) is 36.5 Å². The molecule has 4 aromatic rings. The Balaban J connectivity index is 1.55. The Kier molecular flexibility index (Phi) is 5.56. The zero-order valence-electron chi connectivity index (χ0n) is 15.2. The van der Waals surface area contributed by atoms with Crippen molar-refractivity contribution in [3.8, 4) is 0 Å². The van der Waals surface area contributed by atoms with E-state index in [4.69, 9.17) is 28.9 Å². The van der Waals surface area contributed by atoms with Crippen LogP contribution in [-0.4, -0.2) is 35.8 Å². The Bertz CT molecular complexity index is 1300. The summed E-state index contributed by atoms with van der Waals surface area (Å²) in [5.41, 5.74) is 5.58. The molecule has 0 spiro atoms. The third kappa shape index (κ3) is 3.94. The van der Waals surface area contributed by atoms with Crippen molar-refractivity contribution in [1.29, 1.82) is 0 Å². The first-order valence-electron chi connectivity index (χ1n) is 8.65. The first-order chi connectivity index (χ1) is 14.3. The molecule has 1 amide bonds. The summed E-state index contributed by atoms with van der Waals surface area (Å²) >= 11 is 13.1. The second-order valence-electron chi connectivity index (χ2n) is 6.43. The molecule has 3 N–H and O–H groups in total. The number of thiophene rings is 1. The van der Waals surface area contributed by atoms with E-state index in [1.807, 2.05) is 0 Å². The lowest BCUT2D eigenvalue weighted by atomic mass is 10.1. The molecule has 154 valence electrons. The Morgan fingerprint density at radius 3 is 2.67 bits per heavy atom. The maximum absolute atomic E-state index is 12.8. The molecule has 4 rings (SSSR count). The minimum Gasteiger partial charge on any atom is -0.386 e. The summed E-state index contributed by atoms with van der Waals surface area (Å²) in [5, 5.41) is 23.2. The van der Waals surface area contributed by atoms with Crippen LogP contribution in [0.1, 0.15) is 27.2 Å². The SMILES string of the molecule is NC(=O)c1sc2ccn(Cc3nnn(C[C@H](O)c4ccc(Cl)cc4)n3)c(=O)c2c1Cl. The van der Waals surface area contributed by atoms with Crippen LogP contribution in [0.3, 0.4) is 0 Å². The molecule has 0 saturated heterocycles. The molecule has 0 aliphatic rings. The number of amides is 1. The van der Waals surface area contributed by atoms with Gasteiger partial charge in [-0.2, -0.15) is 4.80 Å². The van der Waals surface area contributed by atoms with Crippen LogP contribution >= 0.6 is 34.5 Å². The minimum atomic E-state index is -0.847. The number of hydrogen-bond donors (Lipinski definition) is 2. The fourth-order valence-electron chi connectivity index (χ4n) is 2.91. The zero-order valence-corrected chi connectivity index (χ0v) is 17.5. The second kappa shape index (κ2) is 8.15. The summed E-state index contributed by atoms with van der Waals surface area (Å²) in [6.45, 7) is 0.130. The molecule has 0 radical (unpaired) electrons. The van der Waals surface area contributed by atoms with Crippen LogP contribution in [0.25, 0.3) is 10.1 Å². The molecule has 3 aromatic heterocycles. The highest BCUT2D eigenvalue weighted by Crippen LogP contribution is 2.32. The summed E-state index contributed by atoms with van der Waals surface area (Å²) in [4.78, 5) is 25.6. The normalized spacial score (nSPS) is 12.4. The Morgan fingerprint density at radius 2 is 1.97 bits per heavy atom. The molecule has 9 nitrogen and oxygen atoms in total. The van der Waals surface area contributed by atoms with Crippen molar-refractivity contribution >= 4 is 50.5 Å². The fraction of sp³-hybridized carbons (Fsp3) is 0.167. The lowest BCUT2D eigenvalue weighted by molar-refractivity contribution is 0.100. The molecule has 3 heterocycles. The third-order valence-electron chi connectivity index (χ3n) is 4.38. The van der Waals surface area contributed by atoms with Gasteiger partial charge in [-0.1, -0.05) is 35.3 Å². The van der Waals surface area contributed by atoms with Crippen molar-refractivity contribution in [2.75, 3.05) is 0 Å². The van der Waals surface area contributed by atoms with Gasteiger partial charge in [0.15, 0.2) is 5.82 Å². The number of aromatic nitrogens is 5. The predicted molar refractivity (Wildman–Crippen MR) is 113 cm³/mol. The van der Waals surface area contributed by atoms with Crippen LogP contribution in [0.15, 0.2) is 41.3 Å². The summed E-state index contributed by atoms with van der Waals surface area (Å²) in [5.74, 6) is -0.405. The van der Waals surface area contributed by atoms with Gasteiger partial charge in [-0.25, -0.2) is 0 Å². The van der Waals surface area contributed by atoms with E-state index in [0.717, 1.165) is 11.3 Å². The van der Waals surface area contributed by atoms with Crippen molar-refractivity contribution in [3.05, 3.63) is 73.2 Å². The molecule has 1 atom stereocenters. The van der Waals surface area contributed by atoms with Crippen LogP contribution in [0.2, 0.25) is 10.0 Å². The number of halogens is 2. The van der Waals surface area contributed by atoms with E-state index in [9.17, 15) is 14.7 Å². The first-order valence-corrected chi connectivity index (χ1v) is 10.2. The molecule has 0 aliphatic heterocycles. The van der Waals surface area contributed by atoms with Gasteiger partial charge in [-0.05, 0) is 29.0 Å². The summed E-state index contributed by atoms with van der Waals surface area (Å²) in [6, 6.07) is 8.47. The molecule has 0 fully saturated rings. The van der Waals surface area contributed by atoms with Crippen molar-refractivity contribution in [1.82, 2.24) is 24.8 Å². The van der Waals surface area contributed by atoms with E-state index < -0.39 is 17.6 Å². The third-order valence-corrected chi connectivity index (χ3v) is 6.29. The number of hydrogen-bond acceptors (Lipinski definition) is 7. The molecule has 0 bridgehead atoms. The quantitative estimate of drug-likeness (QED) is 0.450. The highest BCUT2D eigenvalue weighted by molar-refractivity contribution is 7.21. The van der Waals surface area contributed by atoms with E-state index in [-0.39, 0.29) is 34.2 Å². The number of pyridine rings is 1. The minimum absolute atomic E-state index is 0.0455. The predicted octanol–water partition coefficient (Wildman–Crippen LogP) is 2.24. The highest BCUT2D eigenvalue weighted by atomic mass is 35.5. The van der Waals surface area contributed by atoms with Crippen molar-refractivity contribution in [2.45, 2.75) is 19.2 Å². The summed E-state index contributed by atoms with van der Waals surface area (Å²) < 4.78 is 1.93. The van der Waals surface area contributed by atoms with Gasteiger partial charge in [0.05, 0.1) is 23.5 Å². The molecule has 0 aliphatic carbocycles. The van der Waals surface area contributed by atoms with Gasteiger partial charge < -0.3 is 15.4 Å². The van der Waals surface area contributed by atoms with Gasteiger partial charge in [0, 0.05) is 15.9 Å². The topological polar surface area (TPSA) is 129 Å². The number of tetrazole rings is 1. The molecular formula is C18H14Cl2N6O3S. The average molecular weight is 465 g/mol. The number of aliphatic hydroxyl groups is 1. The number of nitrogens with two attached hydrogens (primary N) is 1. The molecule has 0 unspecified atom stereocenters. The van der Waals surface area contributed by atoms with Crippen LogP contribution in [-0.2, 0) is 13.1 Å². The zero-order chi connectivity index (χ0) is 21.4. The van der Waals surface area contributed by atoms with E-state index in [0.29, 0.717) is 15.3 Å². The van der Waals surface area contributed by atoms with Gasteiger partial charge in [0.25, 0.3) is 11.5 Å². The number of carbonyl (C=O) groups excluding carboxylic acids is 1. The van der Waals surface area contributed by atoms with Gasteiger partial charge >= 0.3 is 0 Å². The number of carbonyl (C=O) groups is 1. The number of aliphatic hydroxyl groups excluding tert-OH is 1. The summed E-state index contributed by atoms with van der Waals surface area (Å²) in [7, 11) is 0. The van der Waals surface area contributed by atoms with E-state index >= 15 is 0 Å². The largest absolute Gasteiger partial charge is 0.386 e. The van der Waals surface area contributed by atoms with Gasteiger partial charge in [-0.3, -0.25) is 9.59 Å². The van der Waals surface area contributed by atoms with Crippen molar-refractivity contribution < 1.29 is 9.90 Å². The lowest BCUT2D eigenvalue weighted by Crippen LogP contribution is -2.20. The molecule has 0 saturated carbocycles. The molecule has 30 heavy (non-hydrogen) atoms. The van der Waals surface area contributed by atoms with Gasteiger partial charge in [-0.15, -0.1) is 21.5 Å². The molecular weight excluding hydrogens is 451 g/mol. The maximum Gasteiger partial charge on any atom is 0.261 e. The Morgan fingerprint density at radius 1 is 1.23 bits per heavy atom. The lowest BCUT2D eigenvalue weighted by Gasteiger charge is -2.09. The fourth-order valence-corrected chi connectivity index (χ4v) is 4.42. The highest BCUT2D eigenvalue weighted by Gasteiger charge is 2.19. The molecule has 12 heteroatoms. The monoisotopic (exact) mass is 464 g/mol. The number of primary amides is 1. The van der Waals surface area contributed by atoms with E-state index in [1.165, 1.54) is 9.36 Å². The number of nitrogens with zero attached hydrogens (tertiary/aromatic N) is 5. The number of rotatable bonds is 6. The van der Waals surface area contributed by atoms with Gasteiger partial charge in [0.2, 0.25) is 0 Å². The van der Waals surface area contributed by atoms with Crippen LogP contribution < -0.4 is 11.3 Å². The van der Waals surface area contributed by atoms with Crippen molar-refractivity contribution in [2.24, 2.45) is 5.73 Å². The first kappa shape index (κ1) is 20.5. The number of fused-ring (bicyclic) bond motifs is 1. The van der Waals surface area contributed by atoms with Crippen LogP contribution in [0.5, 0.6) is 0 Å². The van der Waals surface area contributed by atoms with Crippen molar-refractivity contribution in [3.63, 3.8) is 0 Å². The van der Waals surface area contributed by atoms with Crippen LogP contribution in [0.4, 0.5) is 0 Å². The Labute approximate surface area is 183 Å². The second-order valence-corrected chi connectivity index (χ2v) is 8.29. The number of benzene rings is 1. The summed E-state index contributed by atoms with van der Waals surface area (Å²) in [6.07, 6.45) is 0.714. The smallest absolute Gasteiger partial charge is 0.261 e. The Hall–Kier alpha value is -2.79.